The lowest BCUT2D eigenvalue weighted by molar-refractivity contribution is 0.0988. The van der Waals surface area contributed by atoms with Crippen LogP contribution in [-0.2, 0) is 19.9 Å². The van der Waals surface area contributed by atoms with Gasteiger partial charge in [-0.25, -0.2) is 4.98 Å². The van der Waals surface area contributed by atoms with Crippen molar-refractivity contribution in [1.82, 2.24) is 19.9 Å². The molecule has 0 aliphatic heterocycles. The average molecular weight is 343 g/mol. The van der Waals surface area contributed by atoms with Crippen LogP contribution in [0.3, 0.4) is 0 Å². The Balaban J connectivity index is 1.58. The largest absolute Gasteiger partial charge is 0.351 e. The second-order valence-electron chi connectivity index (χ2n) is 6.14. The molecule has 124 valence electrons. The van der Waals surface area contributed by atoms with Gasteiger partial charge in [0.1, 0.15) is 0 Å². The van der Waals surface area contributed by atoms with E-state index in [4.69, 9.17) is 4.52 Å². The Hall–Kier alpha value is -2.48. The summed E-state index contributed by atoms with van der Waals surface area (Å²) in [5.41, 5.74) is 3.92. The topological polar surface area (TPSA) is 85.8 Å². The molecule has 0 fully saturated rings. The Bertz CT molecular complexity index is 921. The van der Waals surface area contributed by atoms with Crippen LogP contribution < -0.4 is 5.32 Å². The molecule has 0 atom stereocenters. The molecule has 0 spiro atoms. The molecule has 3 heterocycles. The molecule has 1 aliphatic rings. The molecule has 0 radical (unpaired) electrons. The summed E-state index contributed by atoms with van der Waals surface area (Å²) >= 11 is 1.50. The number of amides is 1. The molecule has 3 aromatic rings. The second kappa shape index (κ2) is 5.55. The van der Waals surface area contributed by atoms with Gasteiger partial charge < -0.3 is 4.52 Å². The van der Waals surface area contributed by atoms with Gasteiger partial charge in [0.2, 0.25) is 5.76 Å². The minimum Gasteiger partial charge on any atom is -0.351 e. The summed E-state index contributed by atoms with van der Waals surface area (Å²) in [7, 11) is 1.94. The number of rotatable bonds is 3. The maximum atomic E-state index is 12.3. The maximum Gasteiger partial charge on any atom is 0.296 e. The van der Waals surface area contributed by atoms with Crippen LogP contribution in [-0.4, -0.2) is 25.8 Å². The smallest absolute Gasteiger partial charge is 0.296 e. The number of hydrogen-bond donors (Lipinski definition) is 1. The summed E-state index contributed by atoms with van der Waals surface area (Å²) in [4.78, 5) is 18.1. The summed E-state index contributed by atoms with van der Waals surface area (Å²) in [6, 6.07) is 1.67. The first-order valence-electron chi connectivity index (χ1n) is 7.82. The predicted octanol–water partition coefficient (Wildman–Crippen LogP) is 3.01. The lowest BCUT2D eigenvalue weighted by atomic mass is 10.0. The zero-order valence-corrected chi connectivity index (χ0v) is 14.5. The highest BCUT2D eigenvalue weighted by atomic mass is 32.1. The van der Waals surface area contributed by atoms with Gasteiger partial charge in [0, 0.05) is 29.2 Å². The van der Waals surface area contributed by atoms with E-state index in [-0.39, 0.29) is 17.6 Å². The summed E-state index contributed by atoms with van der Waals surface area (Å²) in [5.74, 6) is 0.0901. The third-order valence-corrected chi connectivity index (χ3v) is 5.20. The normalized spacial score (nSPS) is 13.0. The van der Waals surface area contributed by atoms with Crippen LogP contribution in [0.4, 0.5) is 5.13 Å². The molecule has 0 unspecified atom stereocenters. The molecular formula is C16H17N5O2S. The van der Waals surface area contributed by atoms with E-state index in [9.17, 15) is 4.79 Å². The van der Waals surface area contributed by atoms with Crippen molar-refractivity contribution < 1.29 is 9.32 Å². The molecule has 0 aromatic carbocycles. The van der Waals surface area contributed by atoms with Gasteiger partial charge >= 0.3 is 0 Å². The first-order chi connectivity index (χ1) is 11.5. The molecule has 1 aliphatic carbocycles. The molecule has 7 nitrogen and oxygen atoms in total. The number of anilines is 1. The van der Waals surface area contributed by atoms with E-state index in [0.29, 0.717) is 5.13 Å². The summed E-state index contributed by atoms with van der Waals surface area (Å²) in [6.07, 6.45) is 3.69. The van der Waals surface area contributed by atoms with Crippen molar-refractivity contribution in [2.75, 3.05) is 5.32 Å². The molecule has 24 heavy (non-hydrogen) atoms. The van der Waals surface area contributed by atoms with Crippen molar-refractivity contribution in [2.24, 2.45) is 7.05 Å². The molecule has 0 saturated carbocycles. The minimum atomic E-state index is -0.327. The highest BCUT2D eigenvalue weighted by Gasteiger charge is 2.25. The standard InChI is InChI=1S/C16H17N5O2S/c1-8(2)10-6-12(23-20-10)15(22)19-16-18-14-9-7-17-21(3)11(9)4-5-13(14)24-16/h6-8H,4-5H2,1-3H3,(H,18,19,22). The lowest BCUT2D eigenvalue weighted by Crippen LogP contribution is -2.10. The predicted molar refractivity (Wildman–Crippen MR) is 90.3 cm³/mol. The summed E-state index contributed by atoms with van der Waals surface area (Å²) in [5, 5.41) is 11.6. The number of fused-ring (bicyclic) bond motifs is 3. The Morgan fingerprint density at radius 2 is 2.25 bits per heavy atom. The van der Waals surface area contributed by atoms with Crippen molar-refractivity contribution in [1.29, 1.82) is 0 Å². The quantitative estimate of drug-likeness (QED) is 0.790. The minimum absolute atomic E-state index is 0.203. The monoisotopic (exact) mass is 343 g/mol. The number of nitrogens with one attached hydrogen (secondary N) is 1. The zero-order valence-electron chi connectivity index (χ0n) is 13.7. The maximum absolute atomic E-state index is 12.3. The first-order valence-corrected chi connectivity index (χ1v) is 8.63. The van der Waals surface area contributed by atoms with Crippen molar-refractivity contribution in [3.8, 4) is 11.3 Å². The third-order valence-electron chi connectivity index (χ3n) is 4.17. The van der Waals surface area contributed by atoms with Gasteiger partial charge in [0.05, 0.1) is 17.6 Å². The van der Waals surface area contributed by atoms with Crippen LogP contribution in [0.25, 0.3) is 11.3 Å². The first kappa shape index (κ1) is 15.1. The highest BCUT2D eigenvalue weighted by Crippen LogP contribution is 2.37. The van der Waals surface area contributed by atoms with E-state index in [2.05, 4.69) is 20.6 Å². The zero-order chi connectivity index (χ0) is 16.8. The fourth-order valence-corrected chi connectivity index (χ4v) is 3.77. The number of aromatic nitrogens is 4. The molecular weight excluding hydrogens is 326 g/mol. The van der Waals surface area contributed by atoms with E-state index in [1.165, 1.54) is 21.9 Å². The molecule has 8 heteroatoms. The number of aryl methyl sites for hydroxylation is 2. The Labute approximate surface area is 142 Å². The summed E-state index contributed by atoms with van der Waals surface area (Å²) in [6.45, 7) is 4.00. The Morgan fingerprint density at radius 1 is 1.42 bits per heavy atom. The fourth-order valence-electron chi connectivity index (χ4n) is 2.80. The van der Waals surface area contributed by atoms with E-state index in [1.54, 1.807) is 6.07 Å². The summed E-state index contributed by atoms with van der Waals surface area (Å²) < 4.78 is 7.01. The number of carbonyl (C=O) groups excluding carboxylic acids is 1. The van der Waals surface area contributed by atoms with Crippen molar-refractivity contribution in [3.05, 3.63) is 34.3 Å². The van der Waals surface area contributed by atoms with Crippen LogP contribution in [0.15, 0.2) is 16.8 Å². The molecule has 0 bridgehead atoms. The number of thiazole rings is 1. The van der Waals surface area contributed by atoms with Crippen molar-refractivity contribution in [2.45, 2.75) is 32.6 Å². The van der Waals surface area contributed by atoms with E-state index in [1.807, 2.05) is 31.8 Å². The molecule has 1 amide bonds. The third kappa shape index (κ3) is 2.43. The second-order valence-corrected chi connectivity index (χ2v) is 7.23. The van der Waals surface area contributed by atoms with Crippen LogP contribution >= 0.6 is 11.3 Å². The fraction of sp³-hybridized carbons (Fsp3) is 0.375. The van der Waals surface area contributed by atoms with Gasteiger partial charge in [-0.3, -0.25) is 14.8 Å². The van der Waals surface area contributed by atoms with Gasteiger partial charge in [0.25, 0.3) is 5.91 Å². The van der Waals surface area contributed by atoms with Crippen LogP contribution in [0.2, 0.25) is 0 Å². The van der Waals surface area contributed by atoms with Gasteiger partial charge in [-0.1, -0.05) is 19.0 Å². The number of hydrogen-bond acceptors (Lipinski definition) is 6. The van der Waals surface area contributed by atoms with E-state index >= 15 is 0 Å². The van der Waals surface area contributed by atoms with Crippen LogP contribution in [0.1, 0.15) is 46.6 Å². The van der Waals surface area contributed by atoms with Gasteiger partial charge in [-0.05, 0) is 18.8 Å². The van der Waals surface area contributed by atoms with Gasteiger partial charge in [0.15, 0.2) is 5.13 Å². The van der Waals surface area contributed by atoms with E-state index < -0.39 is 0 Å². The highest BCUT2D eigenvalue weighted by molar-refractivity contribution is 7.16. The van der Waals surface area contributed by atoms with Gasteiger partial charge in [-0.15, -0.1) is 11.3 Å². The molecule has 4 rings (SSSR count). The van der Waals surface area contributed by atoms with Crippen molar-refractivity contribution >= 4 is 22.4 Å². The SMILES string of the molecule is CC(C)c1cc(C(=O)Nc2nc3c(s2)CCc2c-3cnn2C)on1. The molecule has 1 N–H and O–H groups in total. The Kier molecular flexibility index (Phi) is 3.49. The average Bonchev–Trinajstić information content (AvgIpc) is 3.24. The number of nitrogens with zero attached hydrogens (tertiary/aromatic N) is 4. The van der Waals surface area contributed by atoms with Crippen LogP contribution in [0, 0.1) is 0 Å². The molecule has 0 saturated heterocycles. The lowest BCUT2D eigenvalue weighted by Gasteiger charge is -2.10. The van der Waals surface area contributed by atoms with Gasteiger partial charge in [-0.2, -0.15) is 5.10 Å². The molecule has 3 aromatic heterocycles. The number of carbonyl (C=O) groups is 1. The van der Waals surface area contributed by atoms with E-state index in [0.717, 1.165) is 29.8 Å². The Morgan fingerprint density at radius 3 is 3.00 bits per heavy atom. The van der Waals surface area contributed by atoms with Crippen molar-refractivity contribution in [3.63, 3.8) is 0 Å². The van der Waals surface area contributed by atoms with Crippen LogP contribution in [0.5, 0.6) is 0 Å².